The van der Waals surface area contributed by atoms with Crippen molar-refractivity contribution < 1.29 is 9.53 Å². The number of nitrogens with one attached hydrogen (secondary N) is 1. The highest BCUT2D eigenvalue weighted by Crippen LogP contribution is 2.50. The van der Waals surface area contributed by atoms with Crippen LogP contribution in [0.1, 0.15) is 41.5 Å². The number of nitrogens with zero attached hydrogens (tertiary/aromatic N) is 2. The Labute approximate surface area is 166 Å². The zero-order valence-corrected chi connectivity index (χ0v) is 16.1. The van der Waals surface area contributed by atoms with Crippen molar-refractivity contribution in [3.05, 3.63) is 65.2 Å². The van der Waals surface area contributed by atoms with Gasteiger partial charge in [-0.3, -0.25) is 0 Å². The van der Waals surface area contributed by atoms with Crippen LogP contribution in [0.15, 0.2) is 48.5 Å². The molecule has 5 heteroatoms. The zero-order chi connectivity index (χ0) is 18.9. The van der Waals surface area contributed by atoms with Crippen LogP contribution in [0.4, 0.5) is 10.5 Å². The van der Waals surface area contributed by atoms with Gasteiger partial charge in [0.2, 0.25) is 0 Å². The molecular formula is C23H27N3O2. The second-order valence-electron chi connectivity index (χ2n) is 8.02. The number of ether oxygens (including phenoxy) is 1. The highest BCUT2D eigenvalue weighted by Gasteiger charge is 2.41. The molecule has 0 saturated carbocycles. The number of piperazine rings is 1. The summed E-state index contributed by atoms with van der Waals surface area (Å²) in [6, 6.07) is 16.9. The van der Waals surface area contributed by atoms with Crippen LogP contribution in [0.2, 0.25) is 0 Å². The van der Waals surface area contributed by atoms with E-state index in [0.29, 0.717) is 12.5 Å². The van der Waals surface area contributed by atoms with Crippen molar-refractivity contribution >= 4 is 11.8 Å². The smallest absolute Gasteiger partial charge is 0.410 e. The maximum Gasteiger partial charge on any atom is 0.410 e. The van der Waals surface area contributed by atoms with Crippen molar-refractivity contribution in [1.82, 2.24) is 10.2 Å². The lowest BCUT2D eigenvalue weighted by molar-refractivity contribution is 0.0694. The van der Waals surface area contributed by atoms with Crippen LogP contribution in [-0.2, 0) is 11.3 Å². The van der Waals surface area contributed by atoms with Gasteiger partial charge >= 0.3 is 6.09 Å². The first-order chi connectivity index (χ1) is 13.8. The minimum Gasteiger partial charge on any atom is -0.445 e. The summed E-state index contributed by atoms with van der Waals surface area (Å²) < 4.78 is 5.65. The van der Waals surface area contributed by atoms with E-state index < -0.39 is 0 Å². The van der Waals surface area contributed by atoms with Crippen molar-refractivity contribution in [2.75, 3.05) is 37.6 Å². The average Bonchev–Trinajstić information content (AvgIpc) is 3.05. The Morgan fingerprint density at radius 2 is 1.86 bits per heavy atom. The number of fused-ring (bicyclic) bond motifs is 5. The van der Waals surface area contributed by atoms with Gasteiger partial charge in [0.25, 0.3) is 0 Å². The molecular weight excluding hydrogens is 350 g/mol. The minimum absolute atomic E-state index is 0.153. The van der Waals surface area contributed by atoms with E-state index >= 15 is 0 Å². The quantitative estimate of drug-likeness (QED) is 0.887. The summed E-state index contributed by atoms with van der Waals surface area (Å²) in [5.74, 6) is 0.579. The molecule has 2 heterocycles. The summed E-state index contributed by atoms with van der Waals surface area (Å²) >= 11 is 0. The number of rotatable bonds is 3. The number of piperidine rings is 1. The third-order valence-electron chi connectivity index (χ3n) is 6.39. The number of anilines is 1. The SMILES string of the molecule is O=C(OCc1ccccc1)N1CCC2CC1c1cc(N3CCNCC3)ccc12. The maximum absolute atomic E-state index is 12.8. The number of likely N-dealkylation sites (tertiary alicyclic amines) is 1. The van der Waals surface area contributed by atoms with Crippen molar-refractivity contribution in [2.24, 2.45) is 0 Å². The summed E-state index contributed by atoms with van der Waals surface area (Å²) in [6.45, 7) is 5.24. The van der Waals surface area contributed by atoms with E-state index in [1.165, 1.54) is 16.8 Å². The normalized spacial score (nSPS) is 23.4. The van der Waals surface area contributed by atoms with Crippen molar-refractivity contribution in [3.8, 4) is 0 Å². The Bertz CT molecular complexity index is 848. The first-order valence-electron chi connectivity index (χ1n) is 10.4. The van der Waals surface area contributed by atoms with Crippen LogP contribution in [0.25, 0.3) is 0 Å². The summed E-state index contributed by atoms with van der Waals surface area (Å²) in [5, 5.41) is 3.41. The lowest BCUT2D eigenvalue weighted by atomic mass is 9.96. The number of hydrogen-bond donors (Lipinski definition) is 1. The summed E-state index contributed by atoms with van der Waals surface area (Å²) in [6.07, 6.45) is 1.87. The van der Waals surface area contributed by atoms with Crippen molar-refractivity contribution in [2.45, 2.75) is 31.4 Å². The largest absolute Gasteiger partial charge is 0.445 e. The van der Waals surface area contributed by atoms with Crippen LogP contribution in [0.3, 0.4) is 0 Å². The van der Waals surface area contributed by atoms with Gasteiger partial charge < -0.3 is 19.9 Å². The lowest BCUT2D eigenvalue weighted by Crippen LogP contribution is -2.43. The summed E-state index contributed by atoms with van der Waals surface area (Å²) in [5.41, 5.74) is 5.07. The van der Waals surface area contributed by atoms with Gasteiger partial charge in [0.05, 0.1) is 6.04 Å². The van der Waals surface area contributed by atoms with Crippen LogP contribution in [0.5, 0.6) is 0 Å². The molecule has 1 aliphatic carbocycles. The average molecular weight is 377 g/mol. The molecule has 0 aromatic heterocycles. The fourth-order valence-electron chi connectivity index (χ4n) is 4.91. The molecule has 3 aliphatic rings. The van der Waals surface area contributed by atoms with E-state index in [4.69, 9.17) is 4.74 Å². The second kappa shape index (κ2) is 7.47. The monoisotopic (exact) mass is 377 g/mol. The Kier molecular flexibility index (Phi) is 4.69. The highest BCUT2D eigenvalue weighted by atomic mass is 16.6. The molecule has 2 fully saturated rings. The molecule has 5 rings (SSSR count). The molecule has 5 nitrogen and oxygen atoms in total. The standard InChI is InChI=1S/C23H27N3O2/c27-23(28-16-17-4-2-1-3-5-17)26-11-8-18-14-22(26)21-15-19(6-7-20(18)21)25-12-9-24-10-13-25/h1-7,15,18,22,24H,8-14,16H2. The molecule has 2 bridgehead atoms. The van der Waals surface area contributed by atoms with E-state index in [1.54, 1.807) is 0 Å². The predicted octanol–water partition coefficient (Wildman–Crippen LogP) is 3.67. The van der Waals surface area contributed by atoms with Gasteiger partial charge in [-0.05, 0) is 47.6 Å². The number of carbonyl (C=O) groups is 1. The second-order valence-corrected chi connectivity index (χ2v) is 8.02. The molecule has 2 aromatic rings. The van der Waals surface area contributed by atoms with E-state index in [1.807, 2.05) is 35.2 Å². The van der Waals surface area contributed by atoms with Gasteiger partial charge in [0.1, 0.15) is 6.61 Å². The van der Waals surface area contributed by atoms with Crippen molar-refractivity contribution in [1.29, 1.82) is 0 Å². The van der Waals surface area contributed by atoms with Gasteiger partial charge in [-0.15, -0.1) is 0 Å². The topological polar surface area (TPSA) is 44.8 Å². The molecule has 1 N–H and O–H groups in total. The first kappa shape index (κ1) is 17.6. The molecule has 0 radical (unpaired) electrons. The summed E-state index contributed by atoms with van der Waals surface area (Å²) in [4.78, 5) is 17.2. The van der Waals surface area contributed by atoms with Crippen LogP contribution in [0, 0.1) is 0 Å². The third-order valence-corrected chi connectivity index (χ3v) is 6.39. The first-order valence-corrected chi connectivity index (χ1v) is 10.4. The zero-order valence-electron chi connectivity index (χ0n) is 16.1. The molecule has 28 heavy (non-hydrogen) atoms. The Morgan fingerprint density at radius 1 is 1.04 bits per heavy atom. The molecule has 2 unspecified atom stereocenters. The van der Waals surface area contributed by atoms with Crippen LogP contribution in [-0.4, -0.2) is 43.7 Å². The molecule has 1 amide bonds. The van der Waals surface area contributed by atoms with Gasteiger partial charge in [-0.1, -0.05) is 36.4 Å². The van der Waals surface area contributed by atoms with Crippen molar-refractivity contribution in [3.63, 3.8) is 0 Å². The third kappa shape index (κ3) is 3.24. The fraction of sp³-hybridized carbons (Fsp3) is 0.435. The van der Waals surface area contributed by atoms with Gasteiger partial charge in [-0.2, -0.15) is 0 Å². The maximum atomic E-state index is 12.8. The van der Waals surface area contributed by atoms with Gasteiger partial charge in [0.15, 0.2) is 0 Å². The predicted molar refractivity (Wildman–Crippen MR) is 110 cm³/mol. The summed E-state index contributed by atoms with van der Waals surface area (Å²) in [7, 11) is 0. The number of benzene rings is 2. The highest BCUT2D eigenvalue weighted by molar-refractivity contribution is 5.70. The minimum atomic E-state index is -0.187. The molecule has 146 valence electrons. The lowest BCUT2D eigenvalue weighted by Gasteiger charge is -2.33. The number of amides is 1. The van der Waals surface area contributed by atoms with E-state index in [9.17, 15) is 4.79 Å². The van der Waals surface area contributed by atoms with E-state index in [2.05, 4.69) is 28.4 Å². The Balaban J connectivity index is 1.33. The van der Waals surface area contributed by atoms with Gasteiger partial charge in [-0.25, -0.2) is 4.79 Å². The molecule has 0 spiro atoms. The molecule has 2 atom stereocenters. The van der Waals surface area contributed by atoms with Crippen LogP contribution < -0.4 is 10.2 Å². The molecule has 2 aliphatic heterocycles. The van der Waals surface area contributed by atoms with Crippen LogP contribution >= 0.6 is 0 Å². The molecule has 2 aromatic carbocycles. The molecule has 2 saturated heterocycles. The van der Waals surface area contributed by atoms with E-state index in [0.717, 1.165) is 51.1 Å². The van der Waals surface area contributed by atoms with E-state index in [-0.39, 0.29) is 12.1 Å². The Morgan fingerprint density at radius 3 is 2.68 bits per heavy atom. The number of carbonyl (C=O) groups excluding carboxylic acids is 1. The number of hydrogen-bond acceptors (Lipinski definition) is 4. The van der Waals surface area contributed by atoms with Gasteiger partial charge in [0, 0.05) is 38.4 Å². The fourth-order valence-corrected chi connectivity index (χ4v) is 4.91. The Hall–Kier alpha value is -2.53.